The van der Waals surface area contributed by atoms with E-state index in [4.69, 9.17) is 4.42 Å². The summed E-state index contributed by atoms with van der Waals surface area (Å²) in [5, 5.41) is 0.934. The first-order chi connectivity index (χ1) is 9.65. The van der Waals surface area contributed by atoms with Crippen LogP contribution < -0.4 is 0 Å². The molecule has 3 aromatic rings. The molecule has 0 N–H and O–H groups in total. The molecule has 1 amide bonds. The van der Waals surface area contributed by atoms with Crippen LogP contribution in [-0.2, 0) is 6.54 Å². The summed E-state index contributed by atoms with van der Waals surface area (Å²) in [4.78, 5) is 18.5. The number of amides is 1. The van der Waals surface area contributed by atoms with Crippen molar-refractivity contribution >= 4 is 27.5 Å². The summed E-state index contributed by atoms with van der Waals surface area (Å²) in [5.41, 5.74) is 1.58. The van der Waals surface area contributed by atoms with Gasteiger partial charge < -0.3 is 9.32 Å². The van der Waals surface area contributed by atoms with Gasteiger partial charge >= 0.3 is 0 Å². The number of nitrogens with zero attached hydrogens (tertiary/aromatic N) is 2. The van der Waals surface area contributed by atoms with E-state index >= 15 is 0 Å². The van der Waals surface area contributed by atoms with Crippen LogP contribution in [0.25, 0.3) is 10.2 Å². The average molecular weight is 286 g/mol. The number of furan rings is 1. The first-order valence-electron chi connectivity index (χ1n) is 6.29. The Kier molecular flexibility index (Phi) is 3.28. The summed E-state index contributed by atoms with van der Waals surface area (Å²) in [7, 11) is 1.78. The fourth-order valence-corrected chi connectivity index (χ4v) is 3.10. The molecule has 20 heavy (non-hydrogen) atoms. The second-order valence-corrected chi connectivity index (χ2v) is 5.74. The van der Waals surface area contributed by atoms with Gasteiger partial charge in [-0.3, -0.25) is 4.79 Å². The van der Waals surface area contributed by atoms with Gasteiger partial charge in [0.15, 0.2) is 0 Å². The quantitative estimate of drug-likeness (QED) is 0.740. The number of aromatic nitrogens is 1. The molecule has 0 aliphatic heterocycles. The molecule has 0 bridgehead atoms. The van der Waals surface area contributed by atoms with Crippen molar-refractivity contribution in [2.75, 3.05) is 7.05 Å². The maximum absolute atomic E-state index is 12.3. The van der Waals surface area contributed by atoms with E-state index in [1.54, 1.807) is 36.3 Å². The van der Waals surface area contributed by atoms with Crippen molar-refractivity contribution in [1.29, 1.82) is 0 Å². The summed E-state index contributed by atoms with van der Waals surface area (Å²) in [6, 6.07) is 9.69. The predicted molar refractivity (Wildman–Crippen MR) is 78.9 cm³/mol. The average Bonchev–Trinajstić information content (AvgIpc) is 3.03. The van der Waals surface area contributed by atoms with Crippen LogP contribution in [0.15, 0.2) is 41.0 Å². The molecule has 1 aromatic carbocycles. The van der Waals surface area contributed by atoms with E-state index < -0.39 is 0 Å². The van der Waals surface area contributed by atoms with Crippen molar-refractivity contribution in [2.24, 2.45) is 0 Å². The van der Waals surface area contributed by atoms with E-state index in [9.17, 15) is 4.79 Å². The highest BCUT2D eigenvalue weighted by atomic mass is 32.1. The first kappa shape index (κ1) is 12.9. The largest absolute Gasteiger partial charge is 0.469 e. The number of carbonyl (C=O) groups is 1. The van der Waals surface area contributed by atoms with Gasteiger partial charge in [0, 0.05) is 7.05 Å². The van der Waals surface area contributed by atoms with Crippen molar-refractivity contribution in [3.05, 3.63) is 52.9 Å². The highest BCUT2D eigenvalue weighted by molar-refractivity contribution is 7.18. The topological polar surface area (TPSA) is 46.3 Å². The van der Waals surface area contributed by atoms with E-state index in [1.165, 1.54) is 6.26 Å². The molecule has 4 nitrogen and oxygen atoms in total. The zero-order valence-corrected chi connectivity index (χ0v) is 12.1. The SMILES string of the molecule is Cc1occc1C(=O)N(C)Cc1nc2ccccc2s1. The van der Waals surface area contributed by atoms with Crippen LogP contribution in [-0.4, -0.2) is 22.8 Å². The molecule has 102 valence electrons. The lowest BCUT2D eigenvalue weighted by molar-refractivity contribution is 0.0783. The van der Waals surface area contributed by atoms with Gasteiger partial charge in [-0.2, -0.15) is 0 Å². The normalized spacial score (nSPS) is 10.9. The van der Waals surface area contributed by atoms with Gasteiger partial charge in [0.25, 0.3) is 5.91 Å². The minimum absolute atomic E-state index is 0.0458. The van der Waals surface area contributed by atoms with E-state index in [2.05, 4.69) is 4.98 Å². The Labute approximate surface area is 120 Å². The fourth-order valence-electron chi connectivity index (χ4n) is 2.07. The summed E-state index contributed by atoms with van der Waals surface area (Å²) >= 11 is 1.62. The molecule has 0 atom stereocenters. The van der Waals surface area contributed by atoms with Crippen molar-refractivity contribution in [1.82, 2.24) is 9.88 Å². The Morgan fingerprint density at radius 2 is 2.15 bits per heavy atom. The molecule has 0 saturated heterocycles. The minimum atomic E-state index is -0.0458. The van der Waals surface area contributed by atoms with Gasteiger partial charge in [0.1, 0.15) is 10.8 Å². The number of hydrogen-bond donors (Lipinski definition) is 0. The van der Waals surface area contributed by atoms with Gasteiger partial charge in [-0.1, -0.05) is 12.1 Å². The number of aryl methyl sites for hydroxylation is 1. The van der Waals surface area contributed by atoms with Crippen LogP contribution in [0, 0.1) is 6.92 Å². The van der Waals surface area contributed by atoms with Crippen LogP contribution in [0.5, 0.6) is 0 Å². The number of rotatable bonds is 3. The van der Waals surface area contributed by atoms with Crippen LogP contribution >= 0.6 is 11.3 Å². The minimum Gasteiger partial charge on any atom is -0.469 e. The second kappa shape index (κ2) is 5.09. The molecule has 0 saturated carbocycles. The van der Waals surface area contributed by atoms with Crippen molar-refractivity contribution < 1.29 is 9.21 Å². The summed E-state index contributed by atoms with van der Waals surface area (Å²) in [5.74, 6) is 0.599. The van der Waals surface area contributed by atoms with Gasteiger partial charge in [-0.05, 0) is 25.1 Å². The monoisotopic (exact) mass is 286 g/mol. The fraction of sp³-hybridized carbons (Fsp3) is 0.200. The van der Waals surface area contributed by atoms with Crippen LogP contribution in [0.3, 0.4) is 0 Å². The summed E-state index contributed by atoms with van der Waals surface area (Å²) < 4.78 is 6.32. The Bertz CT molecular complexity index is 727. The standard InChI is InChI=1S/C15H14N2O2S/c1-10-11(7-8-19-10)15(18)17(2)9-14-16-12-5-3-4-6-13(12)20-14/h3-8H,9H2,1-2H3. The Hall–Kier alpha value is -2.14. The molecule has 0 spiro atoms. The number of benzene rings is 1. The zero-order valence-electron chi connectivity index (χ0n) is 11.3. The van der Waals surface area contributed by atoms with E-state index in [0.29, 0.717) is 17.9 Å². The molecular weight excluding hydrogens is 272 g/mol. The molecule has 0 unspecified atom stereocenters. The maximum Gasteiger partial charge on any atom is 0.257 e. The first-order valence-corrected chi connectivity index (χ1v) is 7.11. The highest BCUT2D eigenvalue weighted by Gasteiger charge is 2.17. The van der Waals surface area contributed by atoms with Gasteiger partial charge in [-0.25, -0.2) is 4.98 Å². The number of para-hydroxylation sites is 1. The van der Waals surface area contributed by atoms with Crippen molar-refractivity contribution in [2.45, 2.75) is 13.5 Å². The highest BCUT2D eigenvalue weighted by Crippen LogP contribution is 2.23. The van der Waals surface area contributed by atoms with E-state index in [-0.39, 0.29) is 5.91 Å². The molecule has 3 rings (SSSR count). The van der Waals surface area contributed by atoms with Crippen LogP contribution in [0.1, 0.15) is 21.1 Å². The third kappa shape index (κ3) is 2.32. The Morgan fingerprint density at radius 3 is 2.85 bits per heavy atom. The number of fused-ring (bicyclic) bond motifs is 1. The Morgan fingerprint density at radius 1 is 1.35 bits per heavy atom. The predicted octanol–water partition coefficient (Wildman–Crippen LogP) is 3.47. The molecule has 0 aliphatic rings. The molecule has 0 aliphatic carbocycles. The third-order valence-corrected chi connectivity index (χ3v) is 4.17. The van der Waals surface area contributed by atoms with Gasteiger partial charge in [0.05, 0.1) is 28.6 Å². The van der Waals surface area contributed by atoms with Crippen LogP contribution in [0.4, 0.5) is 0 Å². The molecule has 0 radical (unpaired) electrons. The zero-order chi connectivity index (χ0) is 14.1. The summed E-state index contributed by atoms with van der Waals surface area (Å²) in [6.07, 6.45) is 1.54. The molecule has 5 heteroatoms. The summed E-state index contributed by atoms with van der Waals surface area (Å²) in [6.45, 7) is 2.29. The molecule has 2 aromatic heterocycles. The third-order valence-electron chi connectivity index (χ3n) is 3.15. The van der Waals surface area contributed by atoms with Gasteiger partial charge in [0.2, 0.25) is 0 Å². The van der Waals surface area contributed by atoms with Crippen molar-refractivity contribution in [3.63, 3.8) is 0 Å². The van der Waals surface area contributed by atoms with Crippen molar-refractivity contribution in [3.8, 4) is 0 Å². The maximum atomic E-state index is 12.3. The molecule has 2 heterocycles. The van der Waals surface area contributed by atoms with E-state index in [0.717, 1.165) is 15.2 Å². The lowest BCUT2D eigenvalue weighted by atomic mass is 10.2. The Balaban J connectivity index is 1.80. The second-order valence-electron chi connectivity index (χ2n) is 4.63. The van der Waals surface area contributed by atoms with Gasteiger partial charge in [-0.15, -0.1) is 11.3 Å². The molecular formula is C15H14N2O2S. The number of hydrogen-bond acceptors (Lipinski definition) is 4. The smallest absolute Gasteiger partial charge is 0.257 e. The number of carbonyl (C=O) groups excluding carboxylic acids is 1. The lowest BCUT2D eigenvalue weighted by Crippen LogP contribution is -2.26. The van der Waals surface area contributed by atoms with E-state index in [1.807, 2.05) is 24.3 Å². The van der Waals surface area contributed by atoms with Crippen LogP contribution in [0.2, 0.25) is 0 Å². The molecule has 0 fully saturated rings. The lowest BCUT2D eigenvalue weighted by Gasteiger charge is -2.14. The number of thiazole rings is 1.